The van der Waals surface area contributed by atoms with Crippen molar-refractivity contribution in [2.24, 2.45) is 0 Å². The molecule has 0 aliphatic carbocycles. The molecule has 202 valence electrons. The highest BCUT2D eigenvalue weighted by atomic mass is 32.2. The summed E-state index contributed by atoms with van der Waals surface area (Å²) in [6, 6.07) is 18.9. The number of benzene rings is 3. The molecule has 2 N–H and O–H groups in total. The minimum absolute atomic E-state index is 0.00240. The SMILES string of the molecule is CCc1nnc(NS(=O)(=O)c2ccc(NC(=O)c3ccc(S(=O)(=O)N4CCCc5ccccc54)cc3)cc2)s1. The van der Waals surface area contributed by atoms with Crippen molar-refractivity contribution >= 4 is 53.8 Å². The zero-order chi connectivity index (χ0) is 27.6. The number of hydrogen-bond acceptors (Lipinski definition) is 8. The van der Waals surface area contributed by atoms with Gasteiger partial charge in [-0.3, -0.25) is 13.8 Å². The van der Waals surface area contributed by atoms with Crippen LogP contribution in [-0.2, 0) is 32.9 Å². The quantitative estimate of drug-likeness (QED) is 0.315. The summed E-state index contributed by atoms with van der Waals surface area (Å²) in [5.41, 5.74) is 2.31. The molecule has 0 radical (unpaired) electrons. The smallest absolute Gasteiger partial charge is 0.264 e. The Hall–Kier alpha value is -3.81. The fourth-order valence-corrected chi connectivity index (χ4v) is 7.64. The van der Waals surface area contributed by atoms with E-state index >= 15 is 0 Å². The maximum Gasteiger partial charge on any atom is 0.264 e. The van der Waals surface area contributed by atoms with Crippen molar-refractivity contribution in [1.29, 1.82) is 0 Å². The Morgan fingerprint density at radius 3 is 2.31 bits per heavy atom. The maximum atomic E-state index is 13.3. The van der Waals surface area contributed by atoms with Crippen molar-refractivity contribution in [2.45, 2.75) is 36.0 Å². The van der Waals surface area contributed by atoms with Gasteiger partial charge >= 0.3 is 0 Å². The molecular formula is C26H25N5O5S3. The van der Waals surface area contributed by atoms with Crippen LogP contribution in [0.2, 0.25) is 0 Å². The van der Waals surface area contributed by atoms with Crippen molar-refractivity contribution in [1.82, 2.24) is 10.2 Å². The van der Waals surface area contributed by atoms with Gasteiger partial charge in [-0.15, -0.1) is 10.2 Å². The summed E-state index contributed by atoms with van der Waals surface area (Å²) < 4.78 is 55.8. The summed E-state index contributed by atoms with van der Waals surface area (Å²) in [6.07, 6.45) is 2.21. The molecule has 0 fully saturated rings. The van der Waals surface area contributed by atoms with E-state index in [9.17, 15) is 21.6 Å². The lowest BCUT2D eigenvalue weighted by Gasteiger charge is -2.30. The van der Waals surface area contributed by atoms with E-state index < -0.39 is 26.0 Å². The van der Waals surface area contributed by atoms with Gasteiger partial charge in [0, 0.05) is 17.8 Å². The summed E-state index contributed by atoms with van der Waals surface area (Å²) in [5, 5.41) is 11.3. The fourth-order valence-electron chi connectivity index (χ4n) is 4.19. The Morgan fingerprint density at radius 1 is 0.923 bits per heavy atom. The van der Waals surface area contributed by atoms with Gasteiger partial charge in [0.15, 0.2) is 0 Å². The van der Waals surface area contributed by atoms with E-state index in [0.29, 0.717) is 29.3 Å². The van der Waals surface area contributed by atoms with Crippen molar-refractivity contribution in [2.75, 3.05) is 20.9 Å². The molecule has 1 amide bonds. The molecule has 5 rings (SSSR count). The van der Waals surface area contributed by atoms with E-state index in [1.807, 2.05) is 25.1 Å². The second-order valence-corrected chi connectivity index (χ2v) is 13.4. The van der Waals surface area contributed by atoms with E-state index in [4.69, 9.17) is 0 Å². The summed E-state index contributed by atoms with van der Waals surface area (Å²) in [6.45, 7) is 2.29. The van der Waals surface area contributed by atoms with Crippen LogP contribution in [0.25, 0.3) is 0 Å². The van der Waals surface area contributed by atoms with Crippen LogP contribution in [0.5, 0.6) is 0 Å². The molecule has 0 saturated heterocycles. The average Bonchev–Trinajstić information content (AvgIpc) is 3.40. The van der Waals surface area contributed by atoms with Crippen LogP contribution in [0.4, 0.5) is 16.5 Å². The molecular weight excluding hydrogens is 559 g/mol. The van der Waals surface area contributed by atoms with Gasteiger partial charge in [-0.1, -0.05) is 36.5 Å². The molecule has 0 unspecified atom stereocenters. The third-order valence-electron chi connectivity index (χ3n) is 6.19. The molecule has 0 saturated carbocycles. The zero-order valence-electron chi connectivity index (χ0n) is 20.9. The van der Waals surface area contributed by atoms with Crippen LogP contribution in [-0.4, -0.2) is 39.5 Å². The van der Waals surface area contributed by atoms with E-state index in [1.54, 1.807) is 6.07 Å². The largest absolute Gasteiger partial charge is 0.322 e. The highest BCUT2D eigenvalue weighted by Crippen LogP contribution is 2.32. The summed E-state index contributed by atoms with van der Waals surface area (Å²) in [4.78, 5) is 12.9. The van der Waals surface area contributed by atoms with Gasteiger partial charge in [0.25, 0.3) is 26.0 Å². The van der Waals surface area contributed by atoms with E-state index in [-0.39, 0.29) is 20.5 Å². The first-order chi connectivity index (χ1) is 18.7. The fraction of sp³-hybridized carbons (Fsp3) is 0.192. The lowest BCUT2D eigenvalue weighted by atomic mass is 10.0. The standard InChI is InChI=1S/C26H25N5O5S3/c1-2-24-28-29-26(37-24)30-38(33,34)21-15-11-20(12-16-21)27-25(32)19-9-13-22(14-10-19)39(35,36)31-17-5-7-18-6-3-4-8-23(18)31/h3-4,6,8-16H,2,5,7,17H2,1H3,(H,27,32)(H,29,30). The molecule has 0 spiro atoms. The lowest BCUT2D eigenvalue weighted by molar-refractivity contribution is 0.102. The number of amides is 1. The Bertz CT molecular complexity index is 1720. The first-order valence-electron chi connectivity index (χ1n) is 12.1. The molecule has 0 bridgehead atoms. The van der Waals surface area contributed by atoms with Gasteiger partial charge in [-0.05, 0) is 79.4 Å². The second kappa shape index (κ2) is 10.8. The number of nitrogens with zero attached hydrogens (tertiary/aromatic N) is 3. The molecule has 3 aromatic carbocycles. The molecule has 1 aliphatic rings. The highest BCUT2D eigenvalue weighted by molar-refractivity contribution is 7.93. The van der Waals surface area contributed by atoms with Gasteiger partial charge in [-0.2, -0.15) is 0 Å². The number of nitrogens with one attached hydrogen (secondary N) is 2. The van der Waals surface area contributed by atoms with Gasteiger partial charge in [0.05, 0.1) is 15.5 Å². The average molecular weight is 584 g/mol. The van der Waals surface area contributed by atoms with Crippen LogP contribution in [0.15, 0.2) is 82.6 Å². The topological polar surface area (TPSA) is 138 Å². The molecule has 2 heterocycles. The van der Waals surface area contributed by atoms with Crippen molar-refractivity contribution in [3.63, 3.8) is 0 Å². The number of aromatic nitrogens is 2. The predicted octanol–water partition coefficient (Wildman–Crippen LogP) is 4.30. The third-order valence-corrected chi connectivity index (χ3v) is 10.5. The summed E-state index contributed by atoms with van der Waals surface area (Å²) in [7, 11) is -7.66. The number of para-hydroxylation sites is 1. The van der Waals surface area contributed by atoms with Gasteiger partial charge in [0.1, 0.15) is 5.01 Å². The number of hydrogen-bond donors (Lipinski definition) is 2. The number of rotatable bonds is 8. The first-order valence-corrected chi connectivity index (χ1v) is 15.9. The maximum absolute atomic E-state index is 13.3. The molecule has 1 aliphatic heterocycles. The molecule has 1 aromatic heterocycles. The van der Waals surface area contributed by atoms with E-state index in [2.05, 4.69) is 20.2 Å². The van der Waals surface area contributed by atoms with E-state index in [1.165, 1.54) is 52.8 Å². The van der Waals surface area contributed by atoms with Crippen LogP contribution in [0.1, 0.15) is 34.3 Å². The minimum atomic E-state index is -3.87. The van der Waals surface area contributed by atoms with Crippen LogP contribution < -0.4 is 14.3 Å². The summed E-state index contributed by atoms with van der Waals surface area (Å²) in [5.74, 6) is -0.461. The number of aryl methyl sites for hydroxylation is 2. The van der Waals surface area contributed by atoms with Gasteiger partial charge in [0.2, 0.25) is 5.13 Å². The number of anilines is 3. The Balaban J connectivity index is 1.26. The Labute approximate surface area is 230 Å². The molecule has 4 aromatic rings. The lowest BCUT2D eigenvalue weighted by Crippen LogP contribution is -2.35. The van der Waals surface area contributed by atoms with Crippen LogP contribution >= 0.6 is 11.3 Å². The minimum Gasteiger partial charge on any atom is -0.322 e. The first kappa shape index (κ1) is 26.8. The van der Waals surface area contributed by atoms with Crippen LogP contribution in [0.3, 0.4) is 0 Å². The van der Waals surface area contributed by atoms with Gasteiger partial charge < -0.3 is 5.32 Å². The zero-order valence-corrected chi connectivity index (χ0v) is 23.3. The Kier molecular flexibility index (Phi) is 7.38. The number of carbonyl (C=O) groups is 1. The number of sulfonamides is 2. The number of fused-ring (bicyclic) bond motifs is 1. The molecule has 0 atom stereocenters. The van der Waals surface area contributed by atoms with Gasteiger partial charge in [-0.25, -0.2) is 16.8 Å². The van der Waals surface area contributed by atoms with Crippen molar-refractivity contribution in [3.8, 4) is 0 Å². The Morgan fingerprint density at radius 2 is 1.62 bits per heavy atom. The molecule has 10 nitrogen and oxygen atoms in total. The molecule has 13 heteroatoms. The van der Waals surface area contributed by atoms with E-state index in [0.717, 1.165) is 29.7 Å². The molecule has 39 heavy (non-hydrogen) atoms. The normalized spacial score (nSPS) is 13.5. The van der Waals surface area contributed by atoms with Crippen LogP contribution in [0, 0.1) is 0 Å². The second-order valence-electron chi connectivity index (χ2n) is 8.77. The third kappa shape index (κ3) is 5.65. The summed E-state index contributed by atoms with van der Waals surface area (Å²) >= 11 is 1.16. The predicted molar refractivity (Wildman–Crippen MR) is 150 cm³/mol. The van der Waals surface area contributed by atoms with Crippen molar-refractivity contribution < 1.29 is 21.6 Å². The van der Waals surface area contributed by atoms with Crippen molar-refractivity contribution in [3.05, 3.63) is 88.9 Å². The highest BCUT2D eigenvalue weighted by Gasteiger charge is 2.29. The number of carbonyl (C=O) groups excluding carboxylic acids is 1. The monoisotopic (exact) mass is 583 g/mol.